The molecule has 20 heavy (non-hydrogen) atoms. The molecule has 0 bridgehead atoms. The second-order valence-corrected chi connectivity index (χ2v) is 6.00. The van der Waals surface area contributed by atoms with Crippen LogP contribution in [0.15, 0.2) is 23.2 Å². The van der Waals surface area contributed by atoms with Gasteiger partial charge >= 0.3 is 0 Å². The Balaban J connectivity index is 2.56. The highest BCUT2D eigenvalue weighted by atomic mass is 32.2. The number of imidazole rings is 1. The molecular formula is C11H8F4N2O2S. The van der Waals surface area contributed by atoms with Gasteiger partial charge in [0.15, 0.2) is 15.7 Å². The summed E-state index contributed by atoms with van der Waals surface area (Å²) in [5.74, 6) is -2.92. The van der Waals surface area contributed by atoms with Crippen molar-refractivity contribution in [3.05, 3.63) is 35.8 Å². The van der Waals surface area contributed by atoms with E-state index in [1.165, 1.54) is 0 Å². The van der Waals surface area contributed by atoms with E-state index in [1.54, 1.807) is 0 Å². The number of alkyl halides is 2. The molecule has 0 amide bonds. The number of hydrogen-bond donors (Lipinski definition) is 1. The lowest BCUT2D eigenvalue weighted by atomic mass is 10.1. The number of rotatable bonds is 3. The van der Waals surface area contributed by atoms with Gasteiger partial charge < -0.3 is 4.98 Å². The van der Waals surface area contributed by atoms with Crippen molar-refractivity contribution < 1.29 is 26.0 Å². The number of aromatic nitrogens is 2. The summed E-state index contributed by atoms with van der Waals surface area (Å²) in [6.45, 7) is 0. The number of nitrogens with zero attached hydrogens (tertiary/aromatic N) is 1. The van der Waals surface area contributed by atoms with Gasteiger partial charge in [0.1, 0.15) is 16.5 Å². The maximum atomic E-state index is 13.8. The van der Waals surface area contributed by atoms with Gasteiger partial charge in [0, 0.05) is 11.8 Å². The summed E-state index contributed by atoms with van der Waals surface area (Å²) in [4.78, 5) is 4.66. The summed E-state index contributed by atoms with van der Waals surface area (Å²) >= 11 is 0. The molecule has 4 nitrogen and oxygen atoms in total. The highest BCUT2D eigenvalue weighted by Crippen LogP contribution is 2.27. The molecule has 0 spiro atoms. The molecule has 0 unspecified atom stereocenters. The molecule has 2 aromatic rings. The number of halogens is 4. The average molecular weight is 308 g/mol. The fourth-order valence-electron chi connectivity index (χ4n) is 1.60. The van der Waals surface area contributed by atoms with E-state index in [0.29, 0.717) is 12.1 Å². The molecule has 0 aliphatic rings. The van der Waals surface area contributed by atoms with Crippen LogP contribution in [0.1, 0.15) is 12.2 Å². The lowest BCUT2D eigenvalue weighted by Gasteiger charge is -2.05. The van der Waals surface area contributed by atoms with E-state index < -0.39 is 38.6 Å². The molecule has 0 aliphatic carbocycles. The van der Waals surface area contributed by atoms with Crippen LogP contribution in [-0.4, -0.2) is 24.6 Å². The van der Waals surface area contributed by atoms with E-state index in [2.05, 4.69) is 9.97 Å². The van der Waals surface area contributed by atoms with Crippen LogP contribution < -0.4 is 0 Å². The first-order valence-electron chi connectivity index (χ1n) is 5.22. The van der Waals surface area contributed by atoms with Crippen LogP contribution in [0, 0.1) is 11.6 Å². The Kier molecular flexibility index (Phi) is 3.55. The van der Waals surface area contributed by atoms with Crippen LogP contribution in [0.2, 0.25) is 0 Å². The molecule has 108 valence electrons. The van der Waals surface area contributed by atoms with Crippen LogP contribution in [0.25, 0.3) is 11.3 Å². The first-order valence-corrected chi connectivity index (χ1v) is 7.12. The van der Waals surface area contributed by atoms with Gasteiger partial charge in [0.2, 0.25) is 0 Å². The molecule has 1 aromatic heterocycles. The third-order valence-corrected chi connectivity index (χ3v) is 3.63. The molecule has 1 heterocycles. The van der Waals surface area contributed by atoms with E-state index in [4.69, 9.17) is 0 Å². The molecule has 0 aliphatic heterocycles. The summed E-state index contributed by atoms with van der Waals surface area (Å²) in [5.41, 5.74) is -0.550. The molecule has 0 atom stereocenters. The molecular weight excluding hydrogens is 300 g/mol. The van der Waals surface area contributed by atoms with E-state index in [0.717, 1.165) is 12.5 Å². The Labute approximate surface area is 111 Å². The minimum Gasteiger partial charge on any atom is -0.337 e. The molecule has 0 fully saturated rings. The molecule has 9 heteroatoms. The molecule has 1 aromatic carbocycles. The van der Waals surface area contributed by atoms with Crippen molar-refractivity contribution in [2.75, 3.05) is 6.26 Å². The van der Waals surface area contributed by atoms with Crippen molar-refractivity contribution in [2.24, 2.45) is 0 Å². The molecule has 2 rings (SSSR count). The maximum absolute atomic E-state index is 13.8. The summed E-state index contributed by atoms with van der Waals surface area (Å²) in [6.07, 6.45) is -1.23. The fraction of sp³-hybridized carbons (Fsp3) is 0.182. The van der Waals surface area contributed by atoms with Crippen molar-refractivity contribution in [3.8, 4) is 11.3 Å². The van der Waals surface area contributed by atoms with Crippen LogP contribution >= 0.6 is 0 Å². The zero-order valence-electron chi connectivity index (χ0n) is 9.99. The molecule has 1 N–H and O–H groups in total. The Hall–Kier alpha value is -1.90. The van der Waals surface area contributed by atoms with Crippen LogP contribution in [0.5, 0.6) is 0 Å². The fourth-order valence-corrected chi connectivity index (χ4v) is 2.33. The van der Waals surface area contributed by atoms with Crippen molar-refractivity contribution in [2.45, 2.75) is 11.3 Å². The number of hydrogen-bond acceptors (Lipinski definition) is 3. The van der Waals surface area contributed by atoms with E-state index in [-0.39, 0.29) is 11.3 Å². The van der Waals surface area contributed by atoms with Gasteiger partial charge in [-0.05, 0) is 12.1 Å². The van der Waals surface area contributed by atoms with Gasteiger partial charge in [-0.1, -0.05) is 0 Å². The van der Waals surface area contributed by atoms with Crippen LogP contribution in [0.4, 0.5) is 17.6 Å². The Bertz CT molecular complexity index is 756. The highest BCUT2D eigenvalue weighted by Gasteiger charge is 2.20. The topological polar surface area (TPSA) is 62.8 Å². The average Bonchev–Trinajstić information content (AvgIpc) is 2.79. The first-order chi connectivity index (χ1) is 9.20. The zero-order chi connectivity index (χ0) is 15.1. The van der Waals surface area contributed by atoms with Crippen LogP contribution in [-0.2, 0) is 9.84 Å². The van der Waals surface area contributed by atoms with Gasteiger partial charge in [-0.15, -0.1) is 0 Å². The number of sulfone groups is 1. The molecule has 0 saturated carbocycles. The van der Waals surface area contributed by atoms with Crippen molar-refractivity contribution >= 4 is 9.84 Å². The minimum absolute atomic E-state index is 0.170. The number of nitrogens with one attached hydrogen (secondary N) is 1. The minimum atomic E-state index is -3.92. The van der Waals surface area contributed by atoms with Crippen LogP contribution in [0.3, 0.4) is 0 Å². The lowest BCUT2D eigenvalue weighted by molar-refractivity contribution is 0.141. The number of H-pyrrole nitrogens is 1. The quantitative estimate of drug-likeness (QED) is 0.887. The van der Waals surface area contributed by atoms with E-state index in [1.807, 2.05) is 0 Å². The monoisotopic (exact) mass is 308 g/mol. The Morgan fingerprint density at radius 1 is 1.20 bits per heavy atom. The predicted molar refractivity (Wildman–Crippen MR) is 62.0 cm³/mol. The van der Waals surface area contributed by atoms with Gasteiger partial charge in [-0.25, -0.2) is 31.0 Å². The number of benzene rings is 1. The second-order valence-electron chi connectivity index (χ2n) is 4.02. The maximum Gasteiger partial charge on any atom is 0.295 e. The summed E-state index contributed by atoms with van der Waals surface area (Å²) in [5, 5.41) is 0. The smallest absolute Gasteiger partial charge is 0.295 e. The van der Waals surface area contributed by atoms with Crippen molar-refractivity contribution in [1.82, 2.24) is 9.97 Å². The lowest BCUT2D eigenvalue weighted by Crippen LogP contribution is -2.02. The van der Waals surface area contributed by atoms with Crippen molar-refractivity contribution in [3.63, 3.8) is 0 Å². The predicted octanol–water partition coefficient (Wildman–Crippen LogP) is 2.70. The van der Waals surface area contributed by atoms with Gasteiger partial charge in [0.25, 0.3) is 6.43 Å². The van der Waals surface area contributed by atoms with Gasteiger partial charge in [-0.2, -0.15) is 0 Å². The SMILES string of the molecule is CS(=O)(=O)c1cc(F)c(-c2cnc(C(F)F)[nH]2)cc1F. The summed E-state index contributed by atoms with van der Waals surface area (Å²) < 4.78 is 74.6. The van der Waals surface area contributed by atoms with Crippen molar-refractivity contribution in [1.29, 1.82) is 0 Å². The summed E-state index contributed by atoms with van der Waals surface area (Å²) in [7, 11) is -3.92. The first kappa shape index (κ1) is 14.5. The molecule has 0 radical (unpaired) electrons. The van der Waals surface area contributed by atoms with E-state index in [9.17, 15) is 26.0 Å². The van der Waals surface area contributed by atoms with E-state index >= 15 is 0 Å². The van der Waals surface area contributed by atoms with Gasteiger partial charge in [-0.3, -0.25) is 0 Å². The van der Waals surface area contributed by atoms with Gasteiger partial charge in [0.05, 0.1) is 11.9 Å². The number of aromatic amines is 1. The highest BCUT2D eigenvalue weighted by molar-refractivity contribution is 7.90. The second kappa shape index (κ2) is 4.89. The zero-order valence-corrected chi connectivity index (χ0v) is 10.8. The Morgan fingerprint density at radius 3 is 2.35 bits per heavy atom. The third-order valence-electron chi connectivity index (χ3n) is 2.51. The third kappa shape index (κ3) is 2.67. The Morgan fingerprint density at radius 2 is 1.85 bits per heavy atom. The summed E-state index contributed by atoms with van der Waals surface area (Å²) in [6, 6.07) is 1.12. The largest absolute Gasteiger partial charge is 0.337 e. The standard InChI is InChI=1S/C11H8F4N2O2S/c1-20(18,19)9-3-6(12)5(2-7(9)13)8-4-16-11(17-8)10(14)15/h2-4,10H,1H3,(H,16,17). The molecule has 0 saturated heterocycles. The normalized spacial score (nSPS) is 12.1.